The Kier molecular flexibility index (Phi) is 7.50. The molecule has 1 heterocycles. The standard InChI is InChI=1S/C20H29ClN4O3/c1-14(23-18(27)28-19(2,3)4)8-9-15-12-22-17(21)24-16(15)25-20(13-26)10-6-5-7-11-20/h12,14,26H,5-7,10-11,13H2,1-4H3,(H,23,27)(H,22,24,25). The van der Waals surface area contributed by atoms with Gasteiger partial charge in [-0.05, 0) is 52.1 Å². The van der Waals surface area contributed by atoms with E-state index in [-0.39, 0.29) is 11.9 Å². The first-order chi connectivity index (χ1) is 13.1. The average molecular weight is 409 g/mol. The van der Waals surface area contributed by atoms with Crippen LogP contribution in [0, 0.1) is 11.8 Å². The van der Waals surface area contributed by atoms with Crippen molar-refractivity contribution in [2.45, 2.75) is 77.0 Å². The number of amides is 1. The summed E-state index contributed by atoms with van der Waals surface area (Å²) in [5, 5.41) is 16.1. The molecule has 1 aromatic heterocycles. The summed E-state index contributed by atoms with van der Waals surface area (Å²) in [5.74, 6) is 6.44. The fourth-order valence-corrected chi connectivity index (χ4v) is 3.19. The van der Waals surface area contributed by atoms with Gasteiger partial charge in [-0.15, -0.1) is 0 Å². The van der Waals surface area contributed by atoms with Gasteiger partial charge in [-0.2, -0.15) is 4.98 Å². The van der Waals surface area contributed by atoms with Crippen molar-refractivity contribution in [3.05, 3.63) is 17.0 Å². The summed E-state index contributed by atoms with van der Waals surface area (Å²) < 4.78 is 5.23. The molecule has 1 amide bonds. The number of halogens is 1. The zero-order valence-electron chi connectivity index (χ0n) is 16.9. The monoisotopic (exact) mass is 408 g/mol. The first kappa shape index (κ1) is 22.3. The molecule has 1 unspecified atom stereocenters. The molecule has 1 aliphatic carbocycles. The molecule has 0 saturated heterocycles. The number of carbonyl (C=O) groups excluding carboxylic acids is 1. The van der Waals surface area contributed by atoms with Crippen LogP contribution in [0.15, 0.2) is 6.20 Å². The molecule has 1 saturated carbocycles. The molecule has 7 nitrogen and oxygen atoms in total. The highest BCUT2D eigenvalue weighted by atomic mass is 35.5. The first-order valence-electron chi connectivity index (χ1n) is 9.55. The number of rotatable bonds is 4. The lowest BCUT2D eigenvalue weighted by Gasteiger charge is -2.37. The second-order valence-electron chi connectivity index (χ2n) is 8.16. The SMILES string of the molecule is CC(C#Cc1cnc(Cl)nc1NC1(CO)CCCCC1)NC(=O)OC(C)(C)C. The zero-order chi connectivity index (χ0) is 20.8. The second-order valence-corrected chi connectivity index (χ2v) is 8.50. The lowest BCUT2D eigenvalue weighted by atomic mass is 9.82. The van der Waals surface area contributed by atoms with Crippen molar-refractivity contribution in [3.8, 4) is 11.8 Å². The smallest absolute Gasteiger partial charge is 0.408 e. The fourth-order valence-electron chi connectivity index (χ4n) is 3.06. The van der Waals surface area contributed by atoms with E-state index in [1.165, 1.54) is 0 Å². The van der Waals surface area contributed by atoms with Crippen molar-refractivity contribution in [1.29, 1.82) is 0 Å². The Labute approximate surface area is 171 Å². The predicted octanol–water partition coefficient (Wildman–Crippen LogP) is 3.50. The number of nitrogens with one attached hydrogen (secondary N) is 2. The highest BCUT2D eigenvalue weighted by Gasteiger charge is 2.32. The Bertz CT molecular complexity index is 746. The third-order valence-electron chi connectivity index (χ3n) is 4.41. The van der Waals surface area contributed by atoms with E-state index >= 15 is 0 Å². The van der Waals surface area contributed by atoms with Crippen LogP contribution in [0.2, 0.25) is 5.28 Å². The van der Waals surface area contributed by atoms with Crippen LogP contribution in [0.1, 0.15) is 65.4 Å². The normalized spacial score (nSPS) is 17.1. The molecule has 1 aliphatic rings. The number of aromatic nitrogens is 2. The zero-order valence-corrected chi connectivity index (χ0v) is 17.7. The average Bonchev–Trinajstić information content (AvgIpc) is 2.60. The predicted molar refractivity (Wildman–Crippen MR) is 109 cm³/mol. The summed E-state index contributed by atoms with van der Waals surface area (Å²) in [7, 11) is 0. The topological polar surface area (TPSA) is 96.4 Å². The molecule has 0 spiro atoms. The lowest BCUT2D eigenvalue weighted by molar-refractivity contribution is 0.0519. The van der Waals surface area contributed by atoms with Crippen LogP contribution in [0.4, 0.5) is 10.6 Å². The van der Waals surface area contributed by atoms with Crippen LogP contribution in [0.5, 0.6) is 0 Å². The third-order valence-corrected chi connectivity index (χ3v) is 4.59. The van der Waals surface area contributed by atoms with Gasteiger partial charge < -0.3 is 20.5 Å². The lowest BCUT2D eigenvalue weighted by Crippen LogP contribution is -2.44. The van der Waals surface area contributed by atoms with Crippen LogP contribution in [-0.4, -0.2) is 45.0 Å². The van der Waals surface area contributed by atoms with E-state index < -0.39 is 23.3 Å². The Balaban J connectivity index is 2.14. The largest absolute Gasteiger partial charge is 0.444 e. The number of nitrogens with zero attached hydrogens (tertiary/aromatic N) is 2. The van der Waals surface area contributed by atoms with E-state index in [1.54, 1.807) is 33.9 Å². The summed E-state index contributed by atoms with van der Waals surface area (Å²) in [5.41, 5.74) is -0.440. The number of hydrogen-bond donors (Lipinski definition) is 3. The summed E-state index contributed by atoms with van der Waals surface area (Å²) in [4.78, 5) is 20.1. The van der Waals surface area contributed by atoms with Gasteiger partial charge in [0, 0.05) is 6.20 Å². The van der Waals surface area contributed by atoms with E-state index in [9.17, 15) is 9.90 Å². The van der Waals surface area contributed by atoms with Crippen LogP contribution in [0.3, 0.4) is 0 Å². The van der Waals surface area contributed by atoms with Crippen molar-refractivity contribution in [1.82, 2.24) is 15.3 Å². The van der Waals surface area contributed by atoms with Gasteiger partial charge in [-0.25, -0.2) is 9.78 Å². The number of hydrogen-bond acceptors (Lipinski definition) is 6. The molecular formula is C20H29ClN4O3. The molecule has 2 rings (SSSR count). The number of carbonyl (C=O) groups is 1. The van der Waals surface area contributed by atoms with Gasteiger partial charge in [-0.1, -0.05) is 31.1 Å². The Morgan fingerprint density at radius 3 is 2.68 bits per heavy atom. The maximum Gasteiger partial charge on any atom is 0.408 e. The van der Waals surface area contributed by atoms with Crippen molar-refractivity contribution < 1.29 is 14.6 Å². The van der Waals surface area contributed by atoms with E-state index in [0.717, 1.165) is 32.1 Å². The number of alkyl carbamates (subject to hydrolysis) is 1. The Morgan fingerprint density at radius 1 is 1.39 bits per heavy atom. The second kappa shape index (κ2) is 9.44. The highest BCUT2D eigenvalue weighted by Crippen LogP contribution is 2.31. The van der Waals surface area contributed by atoms with Gasteiger partial charge in [0.2, 0.25) is 5.28 Å². The van der Waals surface area contributed by atoms with Gasteiger partial charge in [0.25, 0.3) is 0 Å². The molecule has 3 N–H and O–H groups in total. The maximum absolute atomic E-state index is 11.9. The molecule has 0 aromatic carbocycles. The molecule has 0 aliphatic heterocycles. The summed E-state index contributed by atoms with van der Waals surface area (Å²) in [6, 6.07) is -0.431. The molecule has 1 fully saturated rings. The van der Waals surface area contributed by atoms with Gasteiger partial charge in [0.15, 0.2) is 0 Å². The fraction of sp³-hybridized carbons (Fsp3) is 0.650. The number of aliphatic hydroxyl groups is 1. The van der Waals surface area contributed by atoms with E-state index in [2.05, 4.69) is 32.4 Å². The van der Waals surface area contributed by atoms with Crippen molar-refractivity contribution in [2.24, 2.45) is 0 Å². The van der Waals surface area contributed by atoms with Gasteiger partial charge >= 0.3 is 6.09 Å². The minimum Gasteiger partial charge on any atom is -0.444 e. The van der Waals surface area contributed by atoms with Crippen LogP contribution in [-0.2, 0) is 4.74 Å². The van der Waals surface area contributed by atoms with Crippen LogP contribution in [0.25, 0.3) is 0 Å². The summed E-state index contributed by atoms with van der Waals surface area (Å²) in [6.45, 7) is 7.17. The quantitative estimate of drug-likeness (QED) is 0.521. The molecule has 28 heavy (non-hydrogen) atoms. The van der Waals surface area contributed by atoms with Gasteiger partial charge in [0.05, 0.1) is 23.8 Å². The highest BCUT2D eigenvalue weighted by molar-refractivity contribution is 6.28. The minimum absolute atomic E-state index is 0.0120. The van der Waals surface area contributed by atoms with E-state index in [0.29, 0.717) is 11.4 Å². The minimum atomic E-state index is -0.572. The first-order valence-corrected chi connectivity index (χ1v) is 9.93. The van der Waals surface area contributed by atoms with Crippen LogP contribution < -0.4 is 10.6 Å². The molecule has 1 aromatic rings. The number of ether oxygens (including phenoxy) is 1. The molecule has 8 heteroatoms. The van der Waals surface area contributed by atoms with Crippen molar-refractivity contribution in [3.63, 3.8) is 0 Å². The molecule has 154 valence electrons. The molecular weight excluding hydrogens is 380 g/mol. The van der Waals surface area contributed by atoms with Gasteiger partial charge in [-0.3, -0.25) is 0 Å². The summed E-state index contributed by atoms with van der Waals surface area (Å²) in [6.07, 6.45) is 5.98. The van der Waals surface area contributed by atoms with E-state index in [4.69, 9.17) is 16.3 Å². The van der Waals surface area contributed by atoms with Crippen molar-refractivity contribution in [2.75, 3.05) is 11.9 Å². The van der Waals surface area contributed by atoms with Crippen molar-refractivity contribution >= 4 is 23.5 Å². The molecule has 0 bridgehead atoms. The maximum atomic E-state index is 11.9. The molecule has 1 atom stereocenters. The van der Waals surface area contributed by atoms with E-state index in [1.807, 2.05) is 0 Å². The number of anilines is 1. The third kappa shape index (κ3) is 6.84. The molecule has 0 radical (unpaired) electrons. The summed E-state index contributed by atoms with van der Waals surface area (Å²) >= 11 is 5.97. The van der Waals surface area contributed by atoms with Gasteiger partial charge in [0.1, 0.15) is 11.4 Å². The number of aliphatic hydroxyl groups excluding tert-OH is 1. The van der Waals surface area contributed by atoms with Crippen LogP contribution >= 0.6 is 11.6 Å². The Hall–Kier alpha value is -2.04. The Morgan fingerprint density at radius 2 is 2.07 bits per heavy atom.